The van der Waals surface area contributed by atoms with Crippen LogP contribution < -0.4 is 5.32 Å². The zero-order chi connectivity index (χ0) is 9.68. The fourth-order valence-corrected chi connectivity index (χ4v) is 1.26. The predicted octanol–water partition coefficient (Wildman–Crippen LogP) is 2.04. The number of para-hydroxylation sites is 1. The summed E-state index contributed by atoms with van der Waals surface area (Å²) in [4.78, 5) is 0. The Balaban J connectivity index is 2.64. The number of aryl methyl sites for hydroxylation is 1. The van der Waals surface area contributed by atoms with E-state index < -0.39 is 0 Å². The monoisotopic (exact) mass is 179 g/mol. The van der Waals surface area contributed by atoms with Gasteiger partial charge in [-0.2, -0.15) is 0 Å². The number of hydrogen-bond acceptors (Lipinski definition) is 2. The van der Waals surface area contributed by atoms with E-state index >= 15 is 0 Å². The molecule has 0 heterocycles. The number of hydrogen-bond donors (Lipinski definition) is 2. The van der Waals surface area contributed by atoms with Crippen molar-refractivity contribution in [2.75, 3.05) is 11.9 Å². The first kappa shape index (κ1) is 10.1. The smallest absolute Gasteiger partial charge is 0.0684 e. The standard InChI is InChI=1S/C11H17NO/c1-3-10-6-4-5-7-11(10)12-8-9(2)13/h4-7,9,12-13H,3,8H2,1-2H3/t9-/m1/s1. The van der Waals surface area contributed by atoms with Crippen LogP contribution in [0.4, 0.5) is 5.69 Å². The van der Waals surface area contributed by atoms with Crippen LogP contribution in [0.15, 0.2) is 24.3 Å². The second kappa shape index (κ2) is 4.87. The summed E-state index contributed by atoms with van der Waals surface area (Å²) in [6, 6.07) is 8.18. The van der Waals surface area contributed by atoms with Gasteiger partial charge in [-0.25, -0.2) is 0 Å². The number of aliphatic hydroxyl groups is 1. The summed E-state index contributed by atoms with van der Waals surface area (Å²) in [6.45, 7) is 4.52. The lowest BCUT2D eigenvalue weighted by Gasteiger charge is -2.11. The van der Waals surface area contributed by atoms with Crippen molar-refractivity contribution >= 4 is 5.69 Å². The van der Waals surface area contributed by atoms with Gasteiger partial charge in [-0.3, -0.25) is 0 Å². The molecule has 1 rings (SSSR count). The minimum atomic E-state index is -0.301. The summed E-state index contributed by atoms with van der Waals surface area (Å²) in [7, 11) is 0. The van der Waals surface area contributed by atoms with Gasteiger partial charge in [0.1, 0.15) is 0 Å². The van der Waals surface area contributed by atoms with Gasteiger partial charge in [-0.15, -0.1) is 0 Å². The molecule has 2 nitrogen and oxygen atoms in total. The van der Waals surface area contributed by atoms with Crippen molar-refractivity contribution in [1.29, 1.82) is 0 Å². The Morgan fingerprint density at radius 3 is 2.69 bits per heavy atom. The quantitative estimate of drug-likeness (QED) is 0.741. The largest absolute Gasteiger partial charge is 0.392 e. The predicted molar refractivity (Wildman–Crippen MR) is 56.0 cm³/mol. The van der Waals surface area contributed by atoms with Crippen LogP contribution in [-0.4, -0.2) is 17.8 Å². The minimum Gasteiger partial charge on any atom is -0.392 e. The lowest BCUT2D eigenvalue weighted by atomic mass is 10.1. The Bertz CT molecular complexity index is 258. The molecule has 1 atom stereocenters. The molecule has 0 aliphatic heterocycles. The molecule has 13 heavy (non-hydrogen) atoms. The SMILES string of the molecule is CCc1ccccc1NC[C@@H](C)O. The van der Waals surface area contributed by atoms with E-state index in [1.807, 2.05) is 18.2 Å². The Morgan fingerprint density at radius 1 is 1.38 bits per heavy atom. The second-order valence-corrected chi connectivity index (χ2v) is 3.24. The summed E-state index contributed by atoms with van der Waals surface area (Å²) >= 11 is 0. The lowest BCUT2D eigenvalue weighted by molar-refractivity contribution is 0.208. The zero-order valence-electron chi connectivity index (χ0n) is 8.25. The van der Waals surface area contributed by atoms with E-state index in [0.717, 1.165) is 12.1 Å². The molecule has 0 saturated heterocycles. The van der Waals surface area contributed by atoms with Gasteiger partial charge in [0.05, 0.1) is 6.10 Å². The molecule has 0 aliphatic rings. The molecule has 0 bridgehead atoms. The molecule has 0 saturated carbocycles. The Morgan fingerprint density at radius 2 is 2.08 bits per heavy atom. The molecule has 0 spiro atoms. The van der Waals surface area contributed by atoms with Crippen molar-refractivity contribution in [3.05, 3.63) is 29.8 Å². The van der Waals surface area contributed by atoms with E-state index in [-0.39, 0.29) is 6.10 Å². The van der Waals surface area contributed by atoms with Crippen molar-refractivity contribution in [2.45, 2.75) is 26.4 Å². The third-order valence-corrected chi connectivity index (χ3v) is 1.99. The maximum atomic E-state index is 9.11. The highest BCUT2D eigenvalue weighted by atomic mass is 16.3. The molecule has 2 heteroatoms. The van der Waals surface area contributed by atoms with Crippen molar-refractivity contribution in [1.82, 2.24) is 0 Å². The third-order valence-electron chi connectivity index (χ3n) is 1.99. The van der Waals surface area contributed by atoms with Gasteiger partial charge in [0.25, 0.3) is 0 Å². The van der Waals surface area contributed by atoms with Gasteiger partial charge in [0, 0.05) is 12.2 Å². The molecule has 0 fully saturated rings. The average molecular weight is 179 g/mol. The van der Waals surface area contributed by atoms with Gasteiger partial charge in [0.15, 0.2) is 0 Å². The summed E-state index contributed by atoms with van der Waals surface area (Å²) in [5, 5.41) is 12.3. The van der Waals surface area contributed by atoms with Gasteiger partial charge in [-0.05, 0) is 25.0 Å². The Hall–Kier alpha value is -1.02. The van der Waals surface area contributed by atoms with Gasteiger partial charge < -0.3 is 10.4 Å². The van der Waals surface area contributed by atoms with Crippen molar-refractivity contribution in [3.63, 3.8) is 0 Å². The topological polar surface area (TPSA) is 32.3 Å². The van der Waals surface area contributed by atoms with E-state index in [0.29, 0.717) is 6.54 Å². The summed E-state index contributed by atoms with van der Waals surface area (Å²) < 4.78 is 0. The van der Waals surface area contributed by atoms with Gasteiger partial charge in [-0.1, -0.05) is 25.1 Å². The van der Waals surface area contributed by atoms with Crippen LogP contribution in [0.5, 0.6) is 0 Å². The van der Waals surface area contributed by atoms with E-state index in [2.05, 4.69) is 18.3 Å². The second-order valence-electron chi connectivity index (χ2n) is 3.24. The Labute approximate surface area is 79.6 Å². The molecular weight excluding hydrogens is 162 g/mol. The van der Waals surface area contributed by atoms with Crippen LogP contribution in [0, 0.1) is 0 Å². The van der Waals surface area contributed by atoms with E-state index in [1.54, 1.807) is 6.92 Å². The fourth-order valence-electron chi connectivity index (χ4n) is 1.26. The van der Waals surface area contributed by atoms with Crippen LogP contribution in [0.1, 0.15) is 19.4 Å². The van der Waals surface area contributed by atoms with E-state index in [4.69, 9.17) is 5.11 Å². The molecule has 0 aromatic heterocycles. The van der Waals surface area contributed by atoms with E-state index in [1.165, 1.54) is 5.56 Å². The maximum absolute atomic E-state index is 9.11. The van der Waals surface area contributed by atoms with Crippen molar-refractivity contribution in [2.24, 2.45) is 0 Å². The molecule has 0 amide bonds. The summed E-state index contributed by atoms with van der Waals surface area (Å²) in [5.41, 5.74) is 2.43. The van der Waals surface area contributed by atoms with Gasteiger partial charge >= 0.3 is 0 Å². The third kappa shape index (κ3) is 3.07. The molecule has 2 N–H and O–H groups in total. The first-order chi connectivity index (χ1) is 6.24. The fraction of sp³-hybridized carbons (Fsp3) is 0.455. The number of aliphatic hydroxyl groups excluding tert-OH is 1. The van der Waals surface area contributed by atoms with Crippen molar-refractivity contribution in [3.8, 4) is 0 Å². The van der Waals surface area contributed by atoms with Crippen LogP contribution in [-0.2, 0) is 6.42 Å². The van der Waals surface area contributed by atoms with Gasteiger partial charge in [0.2, 0.25) is 0 Å². The summed E-state index contributed by atoms with van der Waals surface area (Å²) in [6.07, 6.45) is 0.716. The average Bonchev–Trinajstić information content (AvgIpc) is 2.15. The molecule has 1 aromatic carbocycles. The molecule has 0 unspecified atom stereocenters. The first-order valence-electron chi connectivity index (χ1n) is 4.74. The Kier molecular flexibility index (Phi) is 3.77. The van der Waals surface area contributed by atoms with Crippen LogP contribution >= 0.6 is 0 Å². The lowest BCUT2D eigenvalue weighted by Crippen LogP contribution is -2.16. The van der Waals surface area contributed by atoms with E-state index in [9.17, 15) is 0 Å². The number of anilines is 1. The van der Waals surface area contributed by atoms with Crippen LogP contribution in [0.25, 0.3) is 0 Å². The maximum Gasteiger partial charge on any atom is 0.0684 e. The van der Waals surface area contributed by atoms with Crippen molar-refractivity contribution < 1.29 is 5.11 Å². The number of nitrogens with one attached hydrogen (secondary N) is 1. The number of rotatable bonds is 4. The molecule has 72 valence electrons. The number of benzene rings is 1. The molecule has 1 aromatic rings. The summed E-state index contributed by atoms with van der Waals surface area (Å²) in [5.74, 6) is 0. The highest BCUT2D eigenvalue weighted by Crippen LogP contribution is 2.14. The first-order valence-corrected chi connectivity index (χ1v) is 4.74. The molecule has 0 aliphatic carbocycles. The zero-order valence-corrected chi connectivity index (χ0v) is 8.25. The normalized spacial score (nSPS) is 12.5. The molecule has 0 radical (unpaired) electrons. The molecular formula is C11H17NO. The van der Waals surface area contributed by atoms with Crippen LogP contribution in [0.2, 0.25) is 0 Å². The highest BCUT2D eigenvalue weighted by Gasteiger charge is 1.99. The van der Waals surface area contributed by atoms with Crippen LogP contribution in [0.3, 0.4) is 0 Å². The highest BCUT2D eigenvalue weighted by molar-refractivity contribution is 5.51. The minimum absolute atomic E-state index is 0.301.